The molecule has 1 unspecified atom stereocenters. The maximum atomic E-state index is 11.4. The summed E-state index contributed by atoms with van der Waals surface area (Å²) in [7, 11) is 0. The quantitative estimate of drug-likeness (QED) is 0.475. The number of rotatable bonds is 4. The van der Waals surface area contributed by atoms with Crippen molar-refractivity contribution in [2.24, 2.45) is 5.73 Å². The van der Waals surface area contributed by atoms with Crippen LogP contribution < -0.4 is 16.4 Å². The second-order valence-electron chi connectivity index (χ2n) is 3.27. The molecule has 0 aliphatic rings. The van der Waals surface area contributed by atoms with Gasteiger partial charge in [0, 0.05) is 24.8 Å². The molecule has 5 N–H and O–H groups in total. The normalized spacial score (nSPS) is 11.9. The number of nitrogens with one attached hydrogen (secondary N) is 3. The summed E-state index contributed by atoms with van der Waals surface area (Å²) < 4.78 is 0. The summed E-state index contributed by atoms with van der Waals surface area (Å²) in [6, 6.07) is -0.269. The number of carbonyl (C=O) groups excluding carboxylic acids is 2. The van der Waals surface area contributed by atoms with Crippen LogP contribution in [0.25, 0.3) is 0 Å². The number of H-pyrrole nitrogens is 1. The van der Waals surface area contributed by atoms with Crippen molar-refractivity contribution < 1.29 is 9.59 Å². The van der Waals surface area contributed by atoms with Crippen LogP contribution in [-0.2, 0) is 9.59 Å². The van der Waals surface area contributed by atoms with Crippen molar-refractivity contribution in [3.8, 4) is 0 Å². The lowest BCUT2D eigenvalue weighted by Crippen LogP contribution is -2.42. The lowest BCUT2D eigenvalue weighted by molar-refractivity contribution is -0.139. The minimum Gasteiger partial charge on any atom is -0.347 e. The maximum absolute atomic E-state index is 11.4. The molecule has 16 heavy (non-hydrogen) atoms. The predicted molar refractivity (Wildman–Crippen MR) is 57.2 cm³/mol. The Bertz CT molecular complexity index is 349. The van der Waals surface area contributed by atoms with Gasteiger partial charge in [-0.25, -0.2) is 0 Å². The number of aromatic amines is 1. The van der Waals surface area contributed by atoms with Gasteiger partial charge in [0.25, 0.3) is 0 Å². The van der Waals surface area contributed by atoms with Gasteiger partial charge in [0.1, 0.15) is 0 Å². The van der Waals surface area contributed by atoms with Crippen molar-refractivity contribution in [2.75, 3.05) is 13.1 Å². The number of amides is 2. The highest BCUT2D eigenvalue weighted by atomic mass is 16.2. The van der Waals surface area contributed by atoms with Gasteiger partial charge in [0.05, 0.1) is 12.2 Å². The van der Waals surface area contributed by atoms with Gasteiger partial charge in [-0.2, -0.15) is 5.10 Å². The topological polar surface area (TPSA) is 113 Å². The van der Waals surface area contributed by atoms with E-state index in [1.165, 1.54) is 0 Å². The molecule has 1 aromatic heterocycles. The van der Waals surface area contributed by atoms with Crippen LogP contribution in [0.2, 0.25) is 0 Å². The second kappa shape index (κ2) is 5.86. The molecule has 1 rings (SSSR count). The van der Waals surface area contributed by atoms with Crippen LogP contribution in [0.4, 0.5) is 0 Å². The fraction of sp³-hybridized carbons (Fsp3) is 0.444. The summed E-state index contributed by atoms with van der Waals surface area (Å²) in [6.45, 7) is 2.35. The van der Waals surface area contributed by atoms with E-state index < -0.39 is 11.8 Å². The molecule has 7 heteroatoms. The smallest absolute Gasteiger partial charge is 0.309 e. The summed E-state index contributed by atoms with van der Waals surface area (Å²) in [5.74, 6) is -1.36. The Kier molecular flexibility index (Phi) is 4.46. The fourth-order valence-electron chi connectivity index (χ4n) is 1.11. The van der Waals surface area contributed by atoms with E-state index in [9.17, 15) is 9.59 Å². The molecule has 2 amide bonds. The summed E-state index contributed by atoms with van der Waals surface area (Å²) in [4.78, 5) is 22.6. The molecular weight excluding hydrogens is 210 g/mol. The molecule has 0 saturated heterocycles. The molecule has 0 aromatic carbocycles. The molecule has 0 spiro atoms. The third kappa shape index (κ3) is 3.35. The fourth-order valence-corrected chi connectivity index (χ4v) is 1.11. The predicted octanol–water partition coefficient (Wildman–Crippen LogP) is -1.34. The third-order valence-corrected chi connectivity index (χ3v) is 2.00. The van der Waals surface area contributed by atoms with Crippen LogP contribution in [0, 0.1) is 0 Å². The zero-order chi connectivity index (χ0) is 12.0. The molecule has 88 valence electrons. The van der Waals surface area contributed by atoms with Crippen molar-refractivity contribution in [3.63, 3.8) is 0 Å². The summed E-state index contributed by atoms with van der Waals surface area (Å²) >= 11 is 0. The number of carbonyl (C=O) groups is 2. The Hall–Kier alpha value is -1.89. The van der Waals surface area contributed by atoms with Crippen molar-refractivity contribution >= 4 is 11.8 Å². The van der Waals surface area contributed by atoms with Crippen LogP contribution >= 0.6 is 0 Å². The van der Waals surface area contributed by atoms with E-state index in [1.54, 1.807) is 19.3 Å². The van der Waals surface area contributed by atoms with E-state index in [-0.39, 0.29) is 12.6 Å². The molecule has 0 saturated carbocycles. The number of aromatic nitrogens is 2. The van der Waals surface area contributed by atoms with Crippen molar-refractivity contribution in [3.05, 3.63) is 18.0 Å². The number of nitrogens with two attached hydrogens (primary N) is 1. The highest BCUT2D eigenvalue weighted by Crippen LogP contribution is 2.08. The van der Waals surface area contributed by atoms with Gasteiger partial charge in [-0.3, -0.25) is 14.7 Å². The third-order valence-electron chi connectivity index (χ3n) is 2.00. The van der Waals surface area contributed by atoms with Gasteiger partial charge in [0.2, 0.25) is 0 Å². The van der Waals surface area contributed by atoms with Gasteiger partial charge in [-0.15, -0.1) is 0 Å². The Morgan fingerprint density at radius 3 is 2.88 bits per heavy atom. The lowest BCUT2D eigenvalue weighted by Gasteiger charge is -2.11. The van der Waals surface area contributed by atoms with Crippen LogP contribution in [0.1, 0.15) is 18.5 Å². The molecule has 0 aliphatic carbocycles. The molecule has 0 radical (unpaired) electrons. The molecule has 7 nitrogen and oxygen atoms in total. The zero-order valence-electron chi connectivity index (χ0n) is 8.99. The van der Waals surface area contributed by atoms with E-state index in [0.717, 1.165) is 5.56 Å². The van der Waals surface area contributed by atoms with Gasteiger partial charge in [0.15, 0.2) is 0 Å². The Morgan fingerprint density at radius 2 is 2.31 bits per heavy atom. The number of hydrogen-bond acceptors (Lipinski definition) is 4. The van der Waals surface area contributed by atoms with Crippen molar-refractivity contribution in [1.29, 1.82) is 0 Å². The van der Waals surface area contributed by atoms with Crippen LogP contribution in [0.3, 0.4) is 0 Å². The number of nitrogens with zero attached hydrogens (tertiary/aromatic N) is 1. The molecule has 0 aliphatic heterocycles. The van der Waals surface area contributed by atoms with Crippen molar-refractivity contribution in [2.45, 2.75) is 13.0 Å². The second-order valence-corrected chi connectivity index (χ2v) is 3.27. The standard InChI is InChI=1S/C9H15N5O2/c1-6(7-4-12-13-5-7)14-9(16)8(15)11-3-2-10/h4-6H,2-3,10H2,1H3,(H,11,15)(H,12,13)(H,14,16). The minimum atomic E-state index is -0.680. The van der Waals surface area contributed by atoms with Crippen LogP contribution in [0.15, 0.2) is 12.4 Å². The monoisotopic (exact) mass is 225 g/mol. The van der Waals surface area contributed by atoms with E-state index in [1.807, 2.05) is 0 Å². The lowest BCUT2D eigenvalue weighted by atomic mass is 10.2. The largest absolute Gasteiger partial charge is 0.347 e. The first-order chi connectivity index (χ1) is 7.65. The van der Waals surface area contributed by atoms with E-state index in [4.69, 9.17) is 5.73 Å². The van der Waals surface area contributed by atoms with E-state index in [0.29, 0.717) is 6.54 Å². The van der Waals surface area contributed by atoms with E-state index in [2.05, 4.69) is 20.8 Å². The molecule has 1 aromatic rings. The maximum Gasteiger partial charge on any atom is 0.309 e. The zero-order valence-corrected chi connectivity index (χ0v) is 8.99. The molecular formula is C9H15N5O2. The van der Waals surface area contributed by atoms with Crippen LogP contribution in [0.5, 0.6) is 0 Å². The highest BCUT2D eigenvalue weighted by molar-refractivity contribution is 6.35. The SMILES string of the molecule is CC(NC(=O)C(=O)NCCN)c1cn[nH]c1. The molecule has 0 bridgehead atoms. The average Bonchev–Trinajstić information content (AvgIpc) is 2.79. The summed E-state index contributed by atoms with van der Waals surface area (Å²) in [5, 5.41) is 11.3. The molecule has 1 atom stereocenters. The highest BCUT2D eigenvalue weighted by Gasteiger charge is 2.16. The Morgan fingerprint density at radius 1 is 1.56 bits per heavy atom. The Balaban J connectivity index is 2.42. The summed E-state index contributed by atoms with van der Waals surface area (Å²) in [5.41, 5.74) is 6.00. The number of hydrogen-bond donors (Lipinski definition) is 4. The summed E-state index contributed by atoms with van der Waals surface area (Å²) in [6.07, 6.45) is 3.24. The Labute approximate surface area is 92.8 Å². The van der Waals surface area contributed by atoms with Gasteiger partial charge in [-0.1, -0.05) is 0 Å². The minimum absolute atomic E-state index is 0.269. The molecule has 0 fully saturated rings. The van der Waals surface area contributed by atoms with Gasteiger partial charge in [-0.05, 0) is 6.92 Å². The first-order valence-electron chi connectivity index (χ1n) is 4.92. The average molecular weight is 225 g/mol. The van der Waals surface area contributed by atoms with Gasteiger partial charge >= 0.3 is 11.8 Å². The van der Waals surface area contributed by atoms with Crippen LogP contribution in [-0.4, -0.2) is 35.1 Å². The first kappa shape index (κ1) is 12.2. The first-order valence-corrected chi connectivity index (χ1v) is 4.92. The van der Waals surface area contributed by atoms with Gasteiger partial charge < -0.3 is 16.4 Å². The van der Waals surface area contributed by atoms with E-state index >= 15 is 0 Å². The molecule has 1 heterocycles. The van der Waals surface area contributed by atoms with Crippen molar-refractivity contribution in [1.82, 2.24) is 20.8 Å².